The molecule has 1 saturated carbocycles. The lowest BCUT2D eigenvalue weighted by Gasteiger charge is -2.31. The first-order valence-corrected chi connectivity index (χ1v) is 19.4. The molecule has 0 unspecified atom stereocenters. The Bertz CT molecular complexity index is 2450. The molecule has 0 atom stereocenters. The Labute approximate surface area is 319 Å². The number of fused-ring (bicyclic) bond motifs is 1. The molecule has 8 aromatic rings. The van der Waals surface area contributed by atoms with Crippen LogP contribution in [0.5, 0.6) is 0 Å². The third-order valence-electron chi connectivity index (χ3n) is 11.0. The number of hydrogen-bond donors (Lipinski definition) is 0. The molecule has 2 heteroatoms. The Kier molecular flexibility index (Phi) is 9.48. The number of para-hydroxylation sites is 1. The first kappa shape index (κ1) is 33.5. The molecule has 1 aliphatic rings. The summed E-state index contributed by atoms with van der Waals surface area (Å²) in [5, 5.41) is 2.45. The standard InChI is InChI=1S/C52H44N2/c1-5-16-39(17-6-1)41-28-32-47(33-29-41)53(46-24-11-4-12-25-46)49-26-15-27-50(38-49)54(48-34-30-42(31-35-48)40-18-7-2-8-19-40)52-37-45-23-14-13-22-44(45)36-51(52)43-20-9-3-10-21-43/h1,3-6,9-17,20-38,40H,2,7-8,18-19H2. The molecule has 8 aromatic carbocycles. The minimum Gasteiger partial charge on any atom is -0.310 e. The van der Waals surface area contributed by atoms with Gasteiger partial charge >= 0.3 is 0 Å². The van der Waals surface area contributed by atoms with Crippen molar-refractivity contribution >= 4 is 44.9 Å². The van der Waals surface area contributed by atoms with Gasteiger partial charge in [-0.05, 0) is 119 Å². The highest BCUT2D eigenvalue weighted by molar-refractivity contribution is 5.98. The third-order valence-corrected chi connectivity index (χ3v) is 11.0. The van der Waals surface area contributed by atoms with Crippen molar-refractivity contribution < 1.29 is 0 Å². The minimum atomic E-state index is 0.651. The van der Waals surface area contributed by atoms with Crippen molar-refractivity contribution in [2.75, 3.05) is 9.80 Å². The summed E-state index contributed by atoms with van der Waals surface area (Å²) in [6, 6.07) is 73.0. The maximum atomic E-state index is 2.46. The molecule has 1 aliphatic carbocycles. The van der Waals surface area contributed by atoms with Crippen molar-refractivity contribution in [3.05, 3.63) is 206 Å². The summed E-state index contributed by atoms with van der Waals surface area (Å²) < 4.78 is 0. The lowest BCUT2D eigenvalue weighted by atomic mass is 9.84. The highest BCUT2D eigenvalue weighted by atomic mass is 15.2. The van der Waals surface area contributed by atoms with Crippen molar-refractivity contribution in [2.24, 2.45) is 0 Å². The van der Waals surface area contributed by atoms with Crippen molar-refractivity contribution in [3.63, 3.8) is 0 Å². The predicted octanol–water partition coefficient (Wildman–Crippen LogP) is 15.2. The summed E-state index contributed by atoms with van der Waals surface area (Å²) in [5.41, 5.74) is 13.0. The van der Waals surface area contributed by atoms with Gasteiger partial charge in [-0.3, -0.25) is 0 Å². The lowest BCUT2D eigenvalue weighted by molar-refractivity contribution is 0.443. The maximum absolute atomic E-state index is 2.46. The van der Waals surface area contributed by atoms with E-state index in [1.54, 1.807) is 0 Å². The monoisotopic (exact) mass is 696 g/mol. The van der Waals surface area contributed by atoms with Crippen molar-refractivity contribution in [1.29, 1.82) is 0 Å². The van der Waals surface area contributed by atoms with Crippen molar-refractivity contribution in [3.8, 4) is 22.3 Å². The highest BCUT2D eigenvalue weighted by Crippen LogP contribution is 2.46. The van der Waals surface area contributed by atoms with Gasteiger partial charge in [-0.2, -0.15) is 0 Å². The van der Waals surface area contributed by atoms with Crippen LogP contribution >= 0.6 is 0 Å². The number of hydrogen-bond acceptors (Lipinski definition) is 2. The average Bonchev–Trinajstić information content (AvgIpc) is 3.26. The molecule has 0 N–H and O–H groups in total. The van der Waals surface area contributed by atoms with Gasteiger partial charge in [-0.25, -0.2) is 0 Å². The molecule has 9 rings (SSSR count). The fourth-order valence-electron chi connectivity index (χ4n) is 8.25. The summed E-state index contributed by atoms with van der Waals surface area (Å²) in [5.74, 6) is 0.651. The Morgan fingerprint density at radius 2 is 0.815 bits per heavy atom. The molecule has 262 valence electrons. The first-order valence-electron chi connectivity index (χ1n) is 19.4. The molecule has 0 saturated heterocycles. The Morgan fingerprint density at radius 3 is 1.48 bits per heavy atom. The largest absolute Gasteiger partial charge is 0.310 e. The van der Waals surface area contributed by atoms with Crippen LogP contribution in [0.3, 0.4) is 0 Å². The highest BCUT2D eigenvalue weighted by Gasteiger charge is 2.22. The Morgan fingerprint density at radius 1 is 0.333 bits per heavy atom. The van der Waals surface area contributed by atoms with E-state index in [9.17, 15) is 0 Å². The van der Waals surface area contributed by atoms with E-state index in [4.69, 9.17) is 0 Å². The summed E-state index contributed by atoms with van der Waals surface area (Å²) in [4.78, 5) is 4.83. The second-order valence-corrected chi connectivity index (χ2v) is 14.4. The Balaban J connectivity index is 1.21. The topological polar surface area (TPSA) is 6.48 Å². The van der Waals surface area contributed by atoms with E-state index < -0.39 is 0 Å². The number of anilines is 6. The van der Waals surface area contributed by atoms with Gasteiger partial charge in [0.2, 0.25) is 0 Å². The van der Waals surface area contributed by atoms with Crippen LogP contribution in [0.4, 0.5) is 34.1 Å². The van der Waals surface area contributed by atoms with Gasteiger partial charge in [-0.15, -0.1) is 0 Å². The molecule has 54 heavy (non-hydrogen) atoms. The Hall–Kier alpha value is -6.38. The fourth-order valence-corrected chi connectivity index (χ4v) is 8.25. The number of rotatable bonds is 9. The van der Waals surface area contributed by atoms with Crippen LogP contribution in [0.1, 0.15) is 43.6 Å². The number of nitrogens with zero attached hydrogens (tertiary/aromatic N) is 2. The summed E-state index contributed by atoms with van der Waals surface area (Å²) in [6.45, 7) is 0. The van der Waals surface area contributed by atoms with Crippen LogP contribution < -0.4 is 9.80 Å². The summed E-state index contributed by atoms with van der Waals surface area (Å²) in [6.07, 6.45) is 6.59. The zero-order valence-corrected chi connectivity index (χ0v) is 30.6. The van der Waals surface area contributed by atoms with Crippen LogP contribution in [0.2, 0.25) is 0 Å². The van der Waals surface area contributed by atoms with Crippen LogP contribution in [-0.2, 0) is 0 Å². The third kappa shape index (κ3) is 6.91. The van der Waals surface area contributed by atoms with E-state index in [1.807, 2.05) is 0 Å². The molecular formula is C52H44N2. The van der Waals surface area contributed by atoms with Crippen LogP contribution in [0.25, 0.3) is 33.0 Å². The summed E-state index contributed by atoms with van der Waals surface area (Å²) in [7, 11) is 0. The fraction of sp³-hybridized carbons (Fsp3) is 0.115. The normalized spacial score (nSPS) is 13.1. The number of benzene rings is 8. The molecule has 2 nitrogen and oxygen atoms in total. The second kappa shape index (κ2) is 15.3. The van der Waals surface area contributed by atoms with Gasteiger partial charge in [0.15, 0.2) is 0 Å². The van der Waals surface area contributed by atoms with Gasteiger partial charge in [-0.1, -0.05) is 153 Å². The quantitative estimate of drug-likeness (QED) is 0.148. The van der Waals surface area contributed by atoms with E-state index in [-0.39, 0.29) is 0 Å². The smallest absolute Gasteiger partial charge is 0.0546 e. The molecule has 0 heterocycles. The van der Waals surface area contributed by atoms with Gasteiger partial charge in [0.05, 0.1) is 5.69 Å². The second-order valence-electron chi connectivity index (χ2n) is 14.4. The molecule has 1 fully saturated rings. The van der Waals surface area contributed by atoms with Crippen LogP contribution in [0, 0.1) is 0 Å². The van der Waals surface area contributed by atoms with Crippen molar-refractivity contribution in [1.82, 2.24) is 0 Å². The average molecular weight is 697 g/mol. The SMILES string of the molecule is c1ccc(-c2ccc(N(c3ccccc3)c3cccc(N(c4ccc(C5CCCCC5)cc4)c4cc5ccccc5cc4-c4ccccc4)c3)cc2)cc1. The molecule has 0 aromatic heterocycles. The van der Waals surface area contributed by atoms with Crippen LogP contribution in [0.15, 0.2) is 200 Å². The van der Waals surface area contributed by atoms with E-state index >= 15 is 0 Å². The minimum absolute atomic E-state index is 0.651. The van der Waals surface area contributed by atoms with E-state index in [2.05, 4.69) is 210 Å². The molecule has 0 aliphatic heterocycles. The van der Waals surface area contributed by atoms with E-state index in [0.29, 0.717) is 5.92 Å². The molecule has 0 bridgehead atoms. The zero-order valence-electron chi connectivity index (χ0n) is 30.6. The van der Waals surface area contributed by atoms with Gasteiger partial charge in [0, 0.05) is 34.0 Å². The predicted molar refractivity (Wildman–Crippen MR) is 230 cm³/mol. The molecule has 0 radical (unpaired) electrons. The molecule has 0 spiro atoms. The first-order chi connectivity index (χ1) is 26.8. The van der Waals surface area contributed by atoms with Gasteiger partial charge < -0.3 is 9.80 Å². The molecular weight excluding hydrogens is 653 g/mol. The van der Waals surface area contributed by atoms with E-state index in [0.717, 1.165) is 34.1 Å². The van der Waals surface area contributed by atoms with Gasteiger partial charge in [0.1, 0.15) is 0 Å². The van der Waals surface area contributed by atoms with Crippen molar-refractivity contribution in [2.45, 2.75) is 38.0 Å². The lowest BCUT2D eigenvalue weighted by Crippen LogP contribution is -2.14. The van der Waals surface area contributed by atoms with E-state index in [1.165, 1.54) is 70.7 Å². The van der Waals surface area contributed by atoms with Gasteiger partial charge in [0.25, 0.3) is 0 Å². The zero-order chi connectivity index (χ0) is 36.1. The maximum Gasteiger partial charge on any atom is 0.0546 e. The van der Waals surface area contributed by atoms with Crippen LogP contribution in [-0.4, -0.2) is 0 Å². The summed E-state index contributed by atoms with van der Waals surface area (Å²) >= 11 is 0. The molecule has 0 amide bonds.